The summed E-state index contributed by atoms with van der Waals surface area (Å²) in [6, 6.07) is 2.12. The molecule has 2 aromatic rings. The third-order valence-electron chi connectivity index (χ3n) is 2.87. The molecule has 2 N–H and O–H groups in total. The Bertz CT molecular complexity index is 632. The van der Waals surface area contributed by atoms with Crippen LogP contribution in [-0.2, 0) is 6.18 Å². The van der Waals surface area contributed by atoms with E-state index in [0.29, 0.717) is 17.7 Å². The maximum absolute atomic E-state index is 13.8. The first kappa shape index (κ1) is 14.4. The van der Waals surface area contributed by atoms with Gasteiger partial charge in [-0.1, -0.05) is 19.0 Å². The summed E-state index contributed by atoms with van der Waals surface area (Å²) < 4.78 is 56.8. The zero-order chi connectivity index (χ0) is 15.1. The predicted octanol–water partition coefficient (Wildman–Crippen LogP) is 4.21. The first-order valence-corrected chi connectivity index (χ1v) is 5.84. The van der Waals surface area contributed by atoms with Crippen molar-refractivity contribution in [2.24, 2.45) is 0 Å². The Kier molecular flexibility index (Phi) is 3.45. The van der Waals surface area contributed by atoms with Crippen LogP contribution in [0.4, 0.5) is 23.4 Å². The molecule has 1 heterocycles. The van der Waals surface area contributed by atoms with Crippen molar-refractivity contribution < 1.29 is 22.1 Å². The number of aromatic nitrogens is 1. The third kappa shape index (κ3) is 2.48. The second-order valence-electron chi connectivity index (χ2n) is 4.66. The van der Waals surface area contributed by atoms with Gasteiger partial charge in [-0.2, -0.15) is 13.2 Å². The van der Waals surface area contributed by atoms with Crippen molar-refractivity contribution in [1.82, 2.24) is 5.16 Å². The molecule has 2 rings (SSSR count). The Hall–Kier alpha value is -2.05. The number of benzene rings is 1. The molecule has 1 aromatic heterocycles. The molecule has 0 amide bonds. The van der Waals surface area contributed by atoms with Gasteiger partial charge in [-0.15, -0.1) is 0 Å². The molecule has 0 fully saturated rings. The Balaban J connectivity index is 2.64. The number of nitrogens with zero attached hydrogens (tertiary/aromatic N) is 1. The maximum Gasteiger partial charge on any atom is 0.416 e. The van der Waals surface area contributed by atoms with Gasteiger partial charge in [-0.05, 0) is 24.1 Å². The van der Waals surface area contributed by atoms with E-state index in [9.17, 15) is 17.6 Å². The van der Waals surface area contributed by atoms with E-state index in [-0.39, 0.29) is 23.1 Å². The second kappa shape index (κ2) is 4.81. The van der Waals surface area contributed by atoms with Gasteiger partial charge in [-0.25, -0.2) is 4.39 Å². The molecular weight excluding hydrogens is 276 g/mol. The number of nitrogen functional groups attached to an aromatic ring is 1. The Labute approximate surface area is 112 Å². The number of rotatable bonds is 2. The molecule has 108 valence electrons. The van der Waals surface area contributed by atoms with Gasteiger partial charge in [0.2, 0.25) is 0 Å². The Morgan fingerprint density at radius 1 is 1.25 bits per heavy atom. The summed E-state index contributed by atoms with van der Waals surface area (Å²) in [6.45, 7) is 3.52. The van der Waals surface area contributed by atoms with Crippen molar-refractivity contribution in [1.29, 1.82) is 0 Å². The van der Waals surface area contributed by atoms with Gasteiger partial charge < -0.3 is 10.3 Å². The lowest BCUT2D eigenvalue weighted by Gasteiger charge is -2.10. The summed E-state index contributed by atoms with van der Waals surface area (Å²) in [7, 11) is 0. The molecule has 20 heavy (non-hydrogen) atoms. The molecule has 0 atom stereocenters. The molecule has 0 saturated heterocycles. The first-order valence-electron chi connectivity index (χ1n) is 5.84. The second-order valence-corrected chi connectivity index (χ2v) is 4.66. The highest BCUT2D eigenvalue weighted by Crippen LogP contribution is 2.38. The van der Waals surface area contributed by atoms with E-state index in [1.165, 1.54) is 0 Å². The lowest BCUT2D eigenvalue weighted by Crippen LogP contribution is -2.05. The normalized spacial score (nSPS) is 12.2. The van der Waals surface area contributed by atoms with Gasteiger partial charge >= 0.3 is 6.18 Å². The summed E-state index contributed by atoms with van der Waals surface area (Å²) in [5.74, 6) is -1.01. The summed E-state index contributed by atoms with van der Waals surface area (Å²) in [5, 5.41) is 3.50. The molecule has 0 unspecified atom stereocenters. The van der Waals surface area contributed by atoms with E-state index >= 15 is 0 Å². The predicted molar refractivity (Wildman–Crippen MR) is 65.4 cm³/mol. The van der Waals surface area contributed by atoms with Crippen molar-refractivity contribution in [2.75, 3.05) is 5.73 Å². The summed E-state index contributed by atoms with van der Waals surface area (Å²) >= 11 is 0. The molecule has 3 nitrogen and oxygen atoms in total. The zero-order valence-corrected chi connectivity index (χ0v) is 10.8. The summed E-state index contributed by atoms with van der Waals surface area (Å²) in [5.41, 5.74) is 4.74. The average molecular weight is 288 g/mol. The van der Waals surface area contributed by atoms with Crippen LogP contribution in [0.5, 0.6) is 0 Å². The molecule has 0 radical (unpaired) electrons. The highest BCUT2D eigenvalue weighted by molar-refractivity contribution is 5.68. The minimum absolute atomic E-state index is 0.0480. The van der Waals surface area contributed by atoms with Crippen LogP contribution in [0.25, 0.3) is 11.3 Å². The molecule has 1 aromatic carbocycles. The van der Waals surface area contributed by atoms with Gasteiger partial charge in [-0.3, -0.25) is 0 Å². The van der Waals surface area contributed by atoms with Crippen molar-refractivity contribution >= 4 is 5.82 Å². The summed E-state index contributed by atoms with van der Waals surface area (Å²) in [6.07, 6.45) is -4.56. The van der Waals surface area contributed by atoms with Gasteiger partial charge in [0.25, 0.3) is 0 Å². The van der Waals surface area contributed by atoms with Gasteiger partial charge in [0, 0.05) is 5.56 Å². The van der Waals surface area contributed by atoms with E-state index in [4.69, 9.17) is 10.3 Å². The first-order chi connectivity index (χ1) is 9.21. The third-order valence-corrected chi connectivity index (χ3v) is 2.87. The topological polar surface area (TPSA) is 52.0 Å². The van der Waals surface area contributed by atoms with Crippen LogP contribution in [0.1, 0.15) is 30.9 Å². The fraction of sp³-hybridized carbons (Fsp3) is 0.308. The lowest BCUT2D eigenvalue weighted by molar-refractivity contribution is -0.137. The van der Waals surface area contributed by atoms with Crippen LogP contribution in [0.2, 0.25) is 0 Å². The fourth-order valence-corrected chi connectivity index (χ4v) is 1.94. The molecule has 0 aliphatic rings. The number of anilines is 1. The highest BCUT2D eigenvalue weighted by Gasteiger charge is 2.32. The van der Waals surface area contributed by atoms with E-state index in [2.05, 4.69) is 5.16 Å². The molecule has 7 heteroatoms. The van der Waals surface area contributed by atoms with Crippen LogP contribution in [-0.4, -0.2) is 5.16 Å². The number of halogens is 4. The van der Waals surface area contributed by atoms with Gasteiger partial charge in [0.05, 0.1) is 11.1 Å². The van der Waals surface area contributed by atoms with Crippen LogP contribution in [0, 0.1) is 5.82 Å². The van der Waals surface area contributed by atoms with Crippen molar-refractivity contribution in [3.05, 3.63) is 35.1 Å². The SMILES string of the molecule is CC(C)c1c(N)noc1-c1cc(C(F)(F)F)ccc1F. The molecule has 0 bridgehead atoms. The molecule has 0 aliphatic carbocycles. The van der Waals surface area contributed by atoms with Crippen LogP contribution < -0.4 is 5.73 Å². The largest absolute Gasteiger partial charge is 0.416 e. The average Bonchev–Trinajstić information content (AvgIpc) is 2.70. The minimum Gasteiger partial charge on any atom is -0.381 e. The number of hydrogen-bond acceptors (Lipinski definition) is 3. The quantitative estimate of drug-likeness (QED) is 0.842. The molecular formula is C13H12F4N2O. The lowest BCUT2D eigenvalue weighted by atomic mass is 9.98. The standard InChI is InChI=1S/C13H12F4N2O/c1-6(2)10-11(20-19-12(10)18)8-5-7(13(15,16)17)3-4-9(8)14/h3-6H,1-2H3,(H2,18,19). The van der Waals surface area contributed by atoms with Crippen LogP contribution in [0.3, 0.4) is 0 Å². The Morgan fingerprint density at radius 2 is 1.90 bits per heavy atom. The maximum atomic E-state index is 13.8. The highest BCUT2D eigenvalue weighted by atomic mass is 19.4. The van der Waals surface area contributed by atoms with Crippen molar-refractivity contribution in [2.45, 2.75) is 25.9 Å². The van der Waals surface area contributed by atoms with E-state index in [0.717, 1.165) is 6.07 Å². The number of alkyl halides is 3. The van der Waals surface area contributed by atoms with E-state index in [1.807, 2.05) is 0 Å². The van der Waals surface area contributed by atoms with Crippen molar-refractivity contribution in [3.8, 4) is 11.3 Å². The fourth-order valence-electron chi connectivity index (χ4n) is 1.94. The number of hydrogen-bond donors (Lipinski definition) is 1. The van der Waals surface area contributed by atoms with Crippen LogP contribution >= 0.6 is 0 Å². The smallest absolute Gasteiger partial charge is 0.381 e. The monoisotopic (exact) mass is 288 g/mol. The molecule has 0 aliphatic heterocycles. The van der Waals surface area contributed by atoms with Crippen LogP contribution in [0.15, 0.2) is 22.7 Å². The minimum atomic E-state index is -4.56. The zero-order valence-electron chi connectivity index (χ0n) is 10.8. The number of nitrogens with two attached hydrogens (primary N) is 1. The Morgan fingerprint density at radius 3 is 2.45 bits per heavy atom. The van der Waals surface area contributed by atoms with E-state index < -0.39 is 17.6 Å². The molecule has 0 spiro atoms. The van der Waals surface area contributed by atoms with Crippen molar-refractivity contribution in [3.63, 3.8) is 0 Å². The van der Waals surface area contributed by atoms with Gasteiger partial charge in [0.1, 0.15) is 5.82 Å². The van der Waals surface area contributed by atoms with Gasteiger partial charge in [0.15, 0.2) is 11.6 Å². The molecule has 0 saturated carbocycles. The van der Waals surface area contributed by atoms with E-state index in [1.54, 1.807) is 13.8 Å². The summed E-state index contributed by atoms with van der Waals surface area (Å²) in [4.78, 5) is 0.